The summed E-state index contributed by atoms with van der Waals surface area (Å²) in [6, 6.07) is 4.39. The highest BCUT2D eigenvalue weighted by molar-refractivity contribution is 9.10. The summed E-state index contributed by atoms with van der Waals surface area (Å²) in [7, 11) is 1.99. The van der Waals surface area contributed by atoms with Gasteiger partial charge in [0.05, 0.1) is 11.0 Å². The van der Waals surface area contributed by atoms with E-state index in [9.17, 15) is 4.79 Å². The third-order valence-corrected chi connectivity index (χ3v) is 4.06. The minimum Gasteiger partial charge on any atom is -0.313 e. The second-order valence-electron chi connectivity index (χ2n) is 4.60. The van der Waals surface area contributed by atoms with E-state index < -0.39 is 0 Å². The molecule has 0 amide bonds. The number of rotatable bonds is 3. The lowest BCUT2D eigenvalue weighted by Crippen LogP contribution is -2.18. The summed E-state index contributed by atoms with van der Waals surface area (Å²) >= 11 is 3.59. The Morgan fingerprint density at radius 3 is 2.59 bits per heavy atom. The number of aromatic nitrogens is 2. The molecule has 1 aliphatic carbocycles. The van der Waals surface area contributed by atoms with Gasteiger partial charge >= 0.3 is 5.69 Å². The van der Waals surface area contributed by atoms with E-state index in [4.69, 9.17) is 0 Å². The molecule has 90 valence electrons. The van der Waals surface area contributed by atoms with E-state index in [1.54, 1.807) is 0 Å². The molecule has 1 atom stereocenters. The molecule has 0 saturated heterocycles. The van der Waals surface area contributed by atoms with Gasteiger partial charge in [-0.25, -0.2) is 4.79 Å². The Hall–Kier alpha value is -1.07. The van der Waals surface area contributed by atoms with Crippen molar-refractivity contribution in [2.24, 2.45) is 5.92 Å². The van der Waals surface area contributed by atoms with Gasteiger partial charge in [-0.15, -0.1) is 0 Å². The number of fused-ring (bicyclic) bond motifs is 1. The zero-order valence-electron chi connectivity index (χ0n) is 9.51. The van der Waals surface area contributed by atoms with Crippen LogP contribution in [0, 0.1) is 5.92 Å². The van der Waals surface area contributed by atoms with Crippen LogP contribution in [0.2, 0.25) is 0 Å². The Bertz CT molecular complexity index is 612. The van der Waals surface area contributed by atoms with Gasteiger partial charge in [0, 0.05) is 10.5 Å². The number of hydrogen-bond donors (Lipinski definition) is 3. The third kappa shape index (κ3) is 1.93. The third-order valence-electron chi connectivity index (χ3n) is 3.37. The standard InChI is InChI=1S/C12H14BrN3O/c1-14-11(6-2-3-6)7-4-9-10(5-8(7)13)16-12(17)15-9/h4-6,11,14H,2-3H2,1H3,(H2,15,16,17). The van der Waals surface area contributed by atoms with Crippen LogP contribution in [0.25, 0.3) is 11.0 Å². The molecule has 17 heavy (non-hydrogen) atoms. The molecule has 0 aliphatic heterocycles. The first-order valence-electron chi connectivity index (χ1n) is 5.77. The highest BCUT2D eigenvalue weighted by atomic mass is 79.9. The van der Waals surface area contributed by atoms with E-state index in [1.807, 2.05) is 13.1 Å². The maximum atomic E-state index is 11.3. The fourth-order valence-electron chi connectivity index (χ4n) is 2.39. The molecule has 5 heteroatoms. The molecular formula is C12H14BrN3O. The highest BCUT2D eigenvalue weighted by Gasteiger charge is 2.32. The molecule has 0 bridgehead atoms. The van der Waals surface area contributed by atoms with Crippen molar-refractivity contribution in [2.45, 2.75) is 18.9 Å². The Labute approximate surface area is 107 Å². The first kappa shape index (κ1) is 11.0. The number of imidazole rings is 1. The predicted molar refractivity (Wildman–Crippen MR) is 71.1 cm³/mol. The molecule has 1 aromatic carbocycles. The molecule has 1 fully saturated rings. The molecule has 1 heterocycles. The second kappa shape index (κ2) is 3.99. The van der Waals surface area contributed by atoms with Crippen molar-refractivity contribution in [3.8, 4) is 0 Å². The van der Waals surface area contributed by atoms with E-state index in [2.05, 4.69) is 37.3 Å². The summed E-state index contributed by atoms with van der Waals surface area (Å²) in [5, 5.41) is 3.36. The number of H-pyrrole nitrogens is 2. The lowest BCUT2D eigenvalue weighted by atomic mass is 10.0. The first-order valence-corrected chi connectivity index (χ1v) is 6.57. The minimum atomic E-state index is -0.156. The van der Waals surface area contributed by atoms with Crippen LogP contribution in [-0.4, -0.2) is 17.0 Å². The molecule has 4 nitrogen and oxygen atoms in total. The Kier molecular flexibility index (Phi) is 2.60. The fourth-order valence-corrected chi connectivity index (χ4v) is 2.98. The number of halogens is 1. The molecule has 1 unspecified atom stereocenters. The summed E-state index contributed by atoms with van der Waals surface area (Å²) in [5.74, 6) is 0.722. The van der Waals surface area contributed by atoms with Crippen molar-refractivity contribution in [3.05, 3.63) is 32.7 Å². The highest BCUT2D eigenvalue weighted by Crippen LogP contribution is 2.43. The second-order valence-corrected chi connectivity index (χ2v) is 5.46. The van der Waals surface area contributed by atoms with Crippen molar-refractivity contribution in [2.75, 3.05) is 7.05 Å². The van der Waals surface area contributed by atoms with E-state index in [0.717, 1.165) is 21.4 Å². The van der Waals surface area contributed by atoms with Crippen molar-refractivity contribution >= 4 is 27.0 Å². The van der Waals surface area contributed by atoms with Crippen molar-refractivity contribution in [3.63, 3.8) is 0 Å². The largest absolute Gasteiger partial charge is 0.323 e. The minimum absolute atomic E-state index is 0.156. The SMILES string of the molecule is CNC(c1cc2[nH]c(=O)[nH]c2cc1Br)C1CC1. The molecular weight excluding hydrogens is 282 g/mol. The van der Waals surface area contributed by atoms with Crippen LogP contribution < -0.4 is 11.0 Å². The monoisotopic (exact) mass is 295 g/mol. The summed E-state index contributed by atoms with van der Waals surface area (Å²) in [6.07, 6.45) is 2.55. The molecule has 3 N–H and O–H groups in total. The van der Waals surface area contributed by atoms with Crippen LogP contribution in [0.3, 0.4) is 0 Å². The number of nitrogens with one attached hydrogen (secondary N) is 3. The van der Waals surface area contributed by atoms with Crippen LogP contribution in [0.1, 0.15) is 24.4 Å². The molecule has 2 aromatic rings. The van der Waals surface area contributed by atoms with Crippen molar-refractivity contribution in [1.29, 1.82) is 0 Å². The van der Waals surface area contributed by atoms with Gasteiger partial charge in [-0.2, -0.15) is 0 Å². The van der Waals surface area contributed by atoms with Gasteiger partial charge in [-0.3, -0.25) is 0 Å². The van der Waals surface area contributed by atoms with Crippen LogP contribution in [-0.2, 0) is 0 Å². The fraction of sp³-hybridized carbons (Fsp3) is 0.417. The Morgan fingerprint density at radius 2 is 2.00 bits per heavy atom. The van der Waals surface area contributed by atoms with Crippen molar-refractivity contribution in [1.82, 2.24) is 15.3 Å². The van der Waals surface area contributed by atoms with Crippen LogP contribution in [0.4, 0.5) is 0 Å². The van der Waals surface area contributed by atoms with Gasteiger partial charge in [0.25, 0.3) is 0 Å². The Balaban J connectivity index is 2.13. The topological polar surface area (TPSA) is 60.7 Å². The number of aromatic amines is 2. The summed E-state index contributed by atoms with van der Waals surface area (Å²) in [5.41, 5.74) is 2.78. The average Bonchev–Trinajstić information content (AvgIpc) is 3.03. The van der Waals surface area contributed by atoms with Crippen LogP contribution >= 0.6 is 15.9 Å². The summed E-state index contributed by atoms with van der Waals surface area (Å²) in [6.45, 7) is 0. The van der Waals surface area contributed by atoms with E-state index >= 15 is 0 Å². The number of benzene rings is 1. The van der Waals surface area contributed by atoms with Gasteiger partial charge in [0.15, 0.2) is 0 Å². The zero-order chi connectivity index (χ0) is 12.0. The van der Waals surface area contributed by atoms with E-state index in [-0.39, 0.29) is 5.69 Å². The molecule has 0 spiro atoms. The predicted octanol–water partition coefficient (Wildman–Crippen LogP) is 2.29. The molecule has 3 rings (SSSR count). The normalized spacial score (nSPS) is 17.5. The van der Waals surface area contributed by atoms with E-state index in [0.29, 0.717) is 6.04 Å². The lowest BCUT2D eigenvalue weighted by molar-refractivity contribution is 0.527. The van der Waals surface area contributed by atoms with Crippen LogP contribution in [0.5, 0.6) is 0 Å². The molecule has 1 aliphatic rings. The van der Waals surface area contributed by atoms with Crippen molar-refractivity contribution < 1.29 is 0 Å². The maximum Gasteiger partial charge on any atom is 0.323 e. The zero-order valence-corrected chi connectivity index (χ0v) is 11.1. The van der Waals surface area contributed by atoms with Gasteiger partial charge < -0.3 is 15.3 Å². The van der Waals surface area contributed by atoms with Gasteiger partial charge in [0.2, 0.25) is 0 Å². The average molecular weight is 296 g/mol. The smallest absolute Gasteiger partial charge is 0.313 e. The van der Waals surface area contributed by atoms with Gasteiger partial charge in [-0.1, -0.05) is 15.9 Å². The lowest BCUT2D eigenvalue weighted by Gasteiger charge is -2.17. The maximum absolute atomic E-state index is 11.3. The molecule has 1 saturated carbocycles. The molecule has 0 radical (unpaired) electrons. The first-order chi connectivity index (χ1) is 8.19. The molecule has 1 aromatic heterocycles. The summed E-state index contributed by atoms with van der Waals surface area (Å²) < 4.78 is 1.05. The van der Waals surface area contributed by atoms with Gasteiger partial charge in [0.1, 0.15) is 0 Å². The van der Waals surface area contributed by atoms with E-state index in [1.165, 1.54) is 18.4 Å². The number of hydrogen-bond acceptors (Lipinski definition) is 2. The summed E-state index contributed by atoms with van der Waals surface area (Å²) in [4.78, 5) is 16.8. The van der Waals surface area contributed by atoms with Crippen LogP contribution in [0.15, 0.2) is 21.4 Å². The Morgan fingerprint density at radius 1 is 1.35 bits per heavy atom. The van der Waals surface area contributed by atoms with Gasteiger partial charge in [-0.05, 0) is 43.5 Å². The quantitative estimate of drug-likeness (QED) is 0.814.